The summed E-state index contributed by atoms with van der Waals surface area (Å²) >= 11 is 0. The van der Waals surface area contributed by atoms with Crippen LogP contribution < -0.4 is 9.47 Å². The largest absolute Gasteiger partial charge is 0.478 e. The van der Waals surface area contributed by atoms with Gasteiger partial charge in [-0.15, -0.1) is 0 Å². The highest BCUT2D eigenvalue weighted by atomic mass is 16.5. The van der Waals surface area contributed by atoms with E-state index in [0.717, 1.165) is 61.8 Å². The van der Waals surface area contributed by atoms with Crippen LogP contribution in [0.4, 0.5) is 0 Å². The number of hydrogen-bond acceptors (Lipinski definition) is 6. The van der Waals surface area contributed by atoms with Gasteiger partial charge in [0, 0.05) is 32.7 Å². The number of ether oxygens (including phenoxy) is 3. The molecule has 2 aromatic rings. The Morgan fingerprint density at radius 1 is 1.06 bits per heavy atom. The Bertz CT molecular complexity index is 1060. The van der Waals surface area contributed by atoms with Crippen LogP contribution in [0.25, 0.3) is 6.08 Å². The predicted octanol–water partition coefficient (Wildman–Crippen LogP) is 3.65. The molecule has 0 saturated carbocycles. The second-order valence-electron chi connectivity index (χ2n) is 8.39. The maximum Gasteiger partial charge on any atom is 0.232 e. The first-order valence-electron chi connectivity index (χ1n) is 11.2. The molecule has 166 valence electrons. The van der Waals surface area contributed by atoms with Gasteiger partial charge in [-0.2, -0.15) is 0 Å². The van der Waals surface area contributed by atoms with Crippen LogP contribution in [0.2, 0.25) is 0 Å². The average Bonchev–Trinajstić information content (AvgIpc) is 3.16. The number of carbonyl (C=O) groups excluding carboxylic acids is 1. The molecule has 32 heavy (non-hydrogen) atoms. The van der Waals surface area contributed by atoms with Crippen LogP contribution in [0.5, 0.6) is 11.5 Å². The van der Waals surface area contributed by atoms with E-state index in [1.807, 2.05) is 55.5 Å². The van der Waals surface area contributed by atoms with Gasteiger partial charge in [-0.25, -0.2) is 0 Å². The summed E-state index contributed by atoms with van der Waals surface area (Å²) in [4.78, 5) is 17.7. The van der Waals surface area contributed by atoms with Crippen molar-refractivity contribution in [3.05, 3.63) is 76.6 Å². The molecular formula is C26H28N2O4. The molecule has 3 heterocycles. The van der Waals surface area contributed by atoms with Crippen LogP contribution in [0.15, 0.2) is 54.3 Å². The molecule has 0 aromatic heterocycles. The van der Waals surface area contributed by atoms with Gasteiger partial charge in [-0.05, 0) is 30.2 Å². The Balaban J connectivity index is 1.32. The Kier molecular flexibility index (Phi) is 6.08. The third-order valence-corrected chi connectivity index (χ3v) is 6.16. The highest BCUT2D eigenvalue weighted by Crippen LogP contribution is 2.43. The highest BCUT2D eigenvalue weighted by molar-refractivity contribution is 6.14. The minimum Gasteiger partial charge on any atom is -0.478 e. The van der Waals surface area contributed by atoms with Crippen LogP contribution in [0.1, 0.15) is 27.0 Å². The van der Waals surface area contributed by atoms with Gasteiger partial charge in [0.15, 0.2) is 5.76 Å². The number of ketones is 1. The van der Waals surface area contributed by atoms with Gasteiger partial charge in [0.25, 0.3) is 0 Å². The molecule has 0 amide bonds. The first-order valence-corrected chi connectivity index (χ1v) is 11.2. The number of aryl methyl sites for hydroxylation is 1. The number of hydrogen-bond donors (Lipinski definition) is 0. The summed E-state index contributed by atoms with van der Waals surface area (Å²) in [6.45, 7) is 8.63. The topological polar surface area (TPSA) is 51.2 Å². The van der Waals surface area contributed by atoms with Crippen molar-refractivity contribution in [2.45, 2.75) is 13.5 Å². The molecule has 3 aliphatic rings. The monoisotopic (exact) mass is 432 g/mol. The lowest BCUT2D eigenvalue weighted by molar-refractivity contribution is 0.0239. The molecule has 0 bridgehead atoms. The molecular weight excluding hydrogens is 404 g/mol. The molecule has 2 aromatic carbocycles. The molecule has 1 saturated heterocycles. The fourth-order valence-corrected chi connectivity index (χ4v) is 4.35. The van der Waals surface area contributed by atoms with E-state index in [0.29, 0.717) is 30.3 Å². The second kappa shape index (κ2) is 9.28. The smallest absolute Gasteiger partial charge is 0.232 e. The van der Waals surface area contributed by atoms with E-state index in [1.165, 1.54) is 0 Å². The number of rotatable bonds is 5. The van der Waals surface area contributed by atoms with E-state index in [4.69, 9.17) is 14.2 Å². The maximum absolute atomic E-state index is 13.1. The highest BCUT2D eigenvalue weighted by Gasteiger charge is 2.35. The number of nitrogens with zero attached hydrogens (tertiary/aromatic N) is 2. The lowest BCUT2D eigenvalue weighted by Crippen LogP contribution is -2.43. The van der Waals surface area contributed by atoms with E-state index in [-0.39, 0.29) is 5.78 Å². The van der Waals surface area contributed by atoms with E-state index in [9.17, 15) is 4.79 Å². The van der Waals surface area contributed by atoms with Crippen LogP contribution in [-0.4, -0.2) is 61.7 Å². The molecule has 0 N–H and O–H groups in total. The summed E-state index contributed by atoms with van der Waals surface area (Å²) < 4.78 is 17.6. The lowest BCUT2D eigenvalue weighted by Gasteiger charge is -2.33. The maximum atomic E-state index is 13.1. The van der Waals surface area contributed by atoms with Crippen molar-refractivity contribution in [1.29, 1.82) is 0 Å². The minimum absolute atomic E-state index is 0.0662. The molecule has 5 rings (SSSR count). The zero-order valence-corrected chi connectivity index (χ0v) is 18.4. The molecule has 3 aliphatic heterocycles. The summed E-state index contributed by atoms with van der Waals surface area (Å²) in [5, 5.41) is 0. The molecule has 1 fully saturated rings. The standard InChI is InChI=1S/C26H28N2O4/c1-19-16-23-21(17-28(18-31-23)11-10-27-12-14-30-15-13-27)26-24(19)25(29)22(32-26)9-5-8-20-6-3-2-4-7-20/h2-9,16H,10-15,17-18H2,1H3/b8-5+,22-9-. The van der Waals surface area contributed by atoms with Crippen molar-refractivity contribution in [1.82, 2.24) is 9.80 Å². The quantitative estimate of drug-likeness (QED) is 0.673. The summed E-state index contributed by atoms with van der Waals surface area (Å²) in [5.41, 5.74) is 3.58. The predicted molar refractivity (Wildman–Crippen MR) is 123 cm³/mol. The van der Waals surface area contributed by atoms with E-state index in [2.05, 4.69) is 9.80 Å². The van der Waals surface area contributed by atoms with Crippen LogP contribution >= 0.6 is 0 Å². The van der Waals surface area contributed by atoms with Gasteiger partial charge in [-0.3, -0.25) is 14.6 Å². The molecule has 6 nitrogen and oxygen atoms in total. The summed E-state index contributed by atoms with van der Waals surface area (Å²) in [6, 6.07) is 12.0. The van der Waals surface area contributed by atoms with Gasteiger partial charge in [-0.1, -0.05) is 42.5 Å². The Hall–Kier alpha value is -2.93. The number of allylic oxidation sites excluding steroid dienone is 3. The number of carbonyl (C=O) groups is 1. The SMILES string of the molecule is Cc1cc2c(c3c1C(=O)/C(=C/C=C/c1ccccc1)O3)CN(CCN1CCOCC1)CO2. The second-order valence-corrected chi connectivity index (χ2v) is 8.39. The van der Waals surface area contributed by atoms with Crippen LogP contribution in [-0.2, 0) is 11.3 Å². The van der Waals surface area contributed by atoms with E-state index in [1.54, 1.807) is 6.08 Å². The zero-order valence-electron chi connectivity index (χ0n) is 18.4. The van der Waals surface area contributed by atoms with Crippen LogP contribution in [0, 0.1) is 6.92 Å². The first-order chi connectivity index (χ1) is 15.7. The third-order valence-electron chi connectivity index (χ3n) is 6.16. The van der Waals surface area contributed by atoms with Gasteiger partial charge in [0.1, 0.15) is 18.2 Å². The van der Waals surface area contributed by atoms with E-state index < -0.39 is 0 Å². The fraction of sp³-hybridized carbons (Fsp3) is 0.346. The molecule has 0 aliphatic carbocycles. The van der Waals surface area contributed by atoms with Crippen molar-refractivity contribution >= 4 is 11.9 Å². The van der Waals surface area contributed by atoms with Gasteiger partial charge < -0.3 is 14.2 Å². The minimum atomic E-state index is -0.0662. The van der Waals surface area contributed by atoms with Crippen molar-refractivity contribution in [3.63, 3.8) is 0 Å². The Morgan fingerprint density at radius 2 is 1.84 bits per heavy atom. The fourth-order valence-electron chi connectivity index (χ4n) is 4.35. The summed E-state index contributed by atoms with van der Waals surface area (Å²) in [7, 11) is 0. The van der Waals surface area contributed by atoms with Gasteiger partial charge in [0.05, 0.1) is 24.3 Å². The molecule has 0 radical (unpaired) electrons. The van der Waals surface area contributed by atoms with Crippen molar-refractivity contribution in [2.24, 2.45) is 0 Å². The first kappa shape index (κ1) is 20.9. The zero-order chi connectivity index (χ0) is 21.9. The third kappa shape index (κ3) is 4.35. The van der Waals surface area contributed by atoms with Crippen molar-refractivity contribution < 1.29 is 19.0 Å². The molecule has 0 atom stereocenters. The molecule has 0 unspecified atom stereocenters. The lowest BCUT2D eigenvalue weighted by atomic mass is 9.99. The van der Waals surface area contributed by atoms with Gasteiger partial charge in [0.2, 0.25) is 5.78 Å². The number of Topliss-reactive ketones (excluding diaryl/α,β-unsaturated/α-hetero) is 1. The number of benzene rings is 2. The summed E-state index contributed by atoms with van der Waals surface area (Å²) in [6.07, 6.45) is 5.58. The normalized spacial score (nSPS) is 20.3. The van der Waals surface area contributed by atoms with Crippen LogP contribution in [0.3, 0.4) is 0 Å². The summed E-state index contributed by atoms with van der Waals surface area (Å²) in [5.74, 6) is 1.76. The average molecular weight is 433 g/mol. The van der Waals surface area contributed by atoms with Crippen molar-refractivity contribution in [3.8, 4) is 11.5 Å². The Morgan fingerprint density at radius 3 is 2.66 bits per heavy atom. The van der Waals surface area contributed by atoms with Crippen molar-refractivity contribution in [2.75, 3.05) is 46.1 Å². The van der Waals surface area contributed by atoms with Gasteiger partial charge >= 0.3 is 0 Å². The number of morpholine rings is 1. The molecule has 6 heteroatoms. The molecule has 0 spiro atoms. The number of fused-ring (bicyclic) bond motifs is 3. The Labute approximate surface area is 188 Å². The van der Waals surface area contributed by atoms with E-state index >= 15 is 0 Å².